The van der Waals surface area contributed by atoms with Gasteiger partial charge in [-0.15, -0.1) is 0 Å². The van der Waals surface area contributed by atoms with Crippen molar-refractivity contribution < 1.29 is 14.7 Å². The summed E-state index contributed by atoms with van der Waals surface area (Å²) in [5, 5.41) is 12.2. The van der Waals surface area contributed by atoms with Gasteiger partial charge in [0.25, 0.3) is 0 Å². The van der Waals surface area contributed by atoms with Crippen LogP contribution in [0.15, 0.2) is 0 Å². The highest BCUT2D eigenvalue weighted by molar-refractivity contribution is 5.85. The molecule has 0 saturated carbocycles. The molecule has 2 fully saturated rings. The minimum Gasteiger partial charge on any atom is -0.481 e. The molecule has 5 heteroatoms. The highest BCUT2D eigenvalue weighted by Crippen LogP contribution is 2.37. The van der Waals surface area contributed by atoms with Gasteiger partial charge in [0, 0.05) is 13.1 Å². The number of nitrogens with one attached hydrogen (secondary N) is 1. The molecule has 0 aliphatic carbocycles. The summed E-state index contributed by atoms with van der Waals surface area (Å²) in [4.78, 5) is 25.1. The first-order valence-electron chi connectivity index (χ1n) is 6.82. The summed E-state index contributed by atoms with van der Waals surface area (Å²) in [7, 11) is 0. The maximum Gasteiger partial charge on any atom is 0.310 e. The lowest BCUT2D eigenvalue weighted by molar-refractivity contribution is -0.159. The molecule has 0 radical (unpaired) electrons. The normalized spacial score (nSPS) is 23.5. The van der Waals surface area contributed by atoms with Crippen LogP contribution in [0.2, 0.25) is 0 Å². The van der Waals surface area contributed by atoms with Crippen LogP contribution >= 0.6 is 0 Å². The second-order valence-electron chi connectivity index (χ2n) is 5.53. The SMILES string of the molecule is CCCC1(C(=O)N2CC(C(=O)O)C2)CCNCC1. The lowest BCUT2D eigenvalue weighted by Crippen LogP contribution is -2.59. The summed E-state index contributed by atoms with van der Waals surface area (Å²) >= 11 is 0. The topological polar surface area (TPSA) is 69.6 Å². The van der Waals surface area contributed by atoms with Gasteiger partial charge in [-0.2, -0.15) is 0 Å². The van der Waals surface area contributed by atoms with Gasteiger partial charge in [-0.1, -0.05) is 13.3 Å². The summed E-state index contributed by atoms with van der Waals surface area (Å²) in [6, 6.07) is 0. The van der Waals surface area contributed by atoms with Gasteiger partial charge < -0.3 is 15.3 Å². The van der Waals surface area contributed by atoms with Gasteiger partial charge in [-0.3, -0.25) is 9.59 Å². The van der Waals surface area contributed by atoms with E-state index in [-0.39, 0.29) is 17.2 Å². The highest BCUT2D eigenvalue weighted by atomic mass is 16.4. The molecule has 1 amide bonds. The van der Waals surface area contributed by atoms with E-state index in [0.29, 0.717) is 13.1 Å². The Kier molecular flexibility index (Phi) is 3.90. The number of carbonyl (C=O) groups is 2. The number of nitrogens with zero attached hydrogens (tertiary/aromatic N) is 1. The average molecular weight is 254 g/mol. The van der Waals surface area contributed by atoms with Gasteiger partial charge in [0.1, 0.15) is 0 Å². The van der Waals surface area contributed by atoms with Crippen LogP contribution in [0.25, 0.3) is 0 Å². The van der Waals surface area contributed by atoms with Gasteiger partial charge in [0.15, 0.2) is 0 Å². The van der Waals surface area contributed by atoms with Gasteiger partial charge in [-0.25, -0.2) is 0 Å². The van der Waals surface area contributed by atoms with E-state index in [1.807, 2.05) is 0 Å². The Morgan fingerprint density at radius 3 is 2.44 bits per heavy atom. The van der Waals surface area contributed by atoms with Crippen molar-refractivity contribution in [1.29, 1.82) is 0 Å². The zero-order chi connectivity index (χ0) is 13.2. The third kappa shape index (κ3) is 2.36. The standard InChI is InChI=1S/C13H22N2O3/c1-2-3-13(4-6-14-7-5-13)12(18)15-8-10(9-15)11(16)17/h10,14H,2-9H2,1H3,(H,16,17). The third-order valence-corrected chi connectivity index (χ3v) is 4.26. The van der Waals surface area contributed by atoms with Crippen LogP contribution < -0.4 is 5.32 Å². The fraction of sp³-hybridized carbons (Fsp3) is 0.846. The van der Waals surface area contributed by atoms with Crippen LogP contribution in [-0.4, -0.2) is 48.1 Å². The summed E-state index contributed by atoms with van der Waals surface area (Å²) in [6.45, 7) is 4.68. The van der Waals surface area contributed by atoms with Crippen LogP contribution in [-0.2, 0) is 9.59 Å². The Labute approximate surface area is 108 Å². The van der Waals surface area contributed by atoms with Crippen LogP contribution in [0.4, 0.5) is 0 Å². The molecule has 2 saturated heterocycles. The molecule has 102 valence electrons. The quantitative estimate of drug-likeness (QED) is 0.775. The van der Waals surface area contributed by atoms with Crippen molar-refractivity contribution in [2.24, 2.45) is 11.3 Å². The fourth-order valence-electron chi connectivity index (χ4n) is 3.09. The average Bonchev–Trinajstić information content (AvgIpc) is 2.28. The number of rotatable bonds is 4. The molecular formula is C13H22N2O3. The molecule has 2 aliphatic rings. The Bertz CT molecular complexity index is 326. The number of carboxylic acids is 1. The van der Waals surface area contributed by atoms with Crippen molar-refractivity contribution in [2.45, 2.75) is 32.6 Å². The molecule has 0 aromatic heterocycles. The van der Waals surface area contributed by atoms with Crippen molar-refractivity contribution in [1.82, 2.24) is 10.2 Å². The van der Waals surface area contributed by atoms with E-state index in [1.165, 1.54) is 0 Å². The Morgan fingerprint density at radius 2 is 1.94 bits per heavy atom. The molecule has 0 spiro atoms. The van der Waals surface area contributed by atoms with E-state index in [1.54, 1.807) is 4.90 Å². The van der Waals surface area contributed by atoms with Gasteiger partial charge in [0.2, 0.25) is 5.91 Å². The molecule has 2 heterocycles. The van der Waals surface area contributed by atoms with E-state index in [0.717, 1.165) is 38.8 Å². The molecule has 0 unspecified atom stereocenters. The maximum atomic E-state index is 12.6. The van der Waals surface area contributed by atoms with Crippen LogP contribution in [0.3, 0.4) is 0 Å². The van der Waals surface area contributed by atoms with Crippen LogP contribution in [0, 0.1) is 11.3 Å². The van der Waals surface area contributed by atoms with Gasteiger partial charge in [-0.05, 0) is 32.4 Å². The van der Waals surface area contributed by atoms with Crippen molar-refractivity contribution in [3.8, 4) is 0 Å². The highest BCUT2D eigenvalue weighted by Gasteiger charge is 2.46. The third-order valence-electron chi connectivity index (χ3n) is 4.26. The zero-order valence-corrected chi connectivity index (χ0v) is 10.9. The van der Waals surface area contributed by atoms with Crippen LogP contribution in [0.1, 0.15) is 32.6 Å². The summed E-state index contributed by atoms with van der Waals surface area (Å²) in [5.41, 5.74) is -0.233. The minimum absolute atomic E-state index is 0.184. The lowest BCUT2D eigenvalue weighted by atomic mass is 9.73. The van der Waals surface area contributed by atoms with E-state index in [2.05, 4.69) is 12.2 Å². The molecule has 0 bridgehead atoms. The van der Waals surface area contributed by atoms with Crippen molar-refractivity contribution >= 4 is 11.9 Å². The van der Waals surface area contributed by atoms with Crippen molar-refractivity contribution in [3.05, 3.63) is 0 Å². The summed E-state index contributed by atoms with van der Waals surface area (Å²) in [6.07, 6.45) is 3.69. The van der Waals surface area contributed by atoms with E-state index < -0.39 is 5.97 Å². The minimum atomic E-state index is -0.783. The molecule has 0 atom stereocenters. The first-order valence-corrected chi connectivity index (χ1v) is 6.82. The maximum absolute atomic E-state index is 12.6. The molecule has 5 nitrogen and oxygen atoms in total. The predicted molar refractivity (Wildman–Crippen MR) is 67.2 cm³/mol. The first kappa shape index (κ1) is 13.3. The summed E-state index contributed by atoms with van der Waals surface area (Å²) in [5.74, 6) is -0.952. The Balaban J connectivity index is 1.99. The number of aliphatic carboxylic acids is 1. The smallest absolute Gasteiger partial charge is 0.310 e. The Morgan fingerprint density at radius 1 is 1.33 bits per heavy atom. The lowest BCUT2D eigenvalue weighted by Gasteiger charge is -2.45. The number of carboxylic acid groups (broad SMARTS) is 1. The zero-order valence-electron chi connectivity index (χ0n) is 10.9. The number of hydrogen-bond donors (Lipinski definition) is 2. The molecular weight excluding hydrogens is 232 g/mol. The first-order chi connectivity index (χ1) is 8.59. The number of amides is 1. The molecule has 18 heavy (non-hydrogen) atoms. The fourth-order valence-corrected chi connectivity index (χ4v) is 3.09. The number of hydrogen-bond acceptors (Lipinski definition) is 3. The van der Waals surface area contributed by atoms with Crippen LogP contribution in [0.5, 0.6) is 0 Å². The van der Waals surface area contributed by atoms with E-state index >= 15 is 0 Å². The molecule has 2 aliphatic heterocycles. The number of carbonyl (C=O) groups excluding carboxylic acids is 1. The number of likely N-dealkylation sites (tertiary alicyclic amines) is 1. The Hall–Kier alpha value is -1.10. The van der Waals surface area contributed by atoms with Crippen molar-refractivity contribution in [2.75, 3.05) is 26.2 Å². The largest absolute Gasteiger partial charge is 0.481 e. The summed E-state index contributed by atoms with van der Waals surface area (Å²) < 4.78 is 0. The van der Waals surface area contributed by atoms with Gasteiger partial charge >= 0.3 is 5.97 Å². The van der Waals surface area contributed by atoms with Crippen molar-refractivity contribution in [3.63, 3.8) is 0 Å². The molecule has 0 aromatic carbocycles. The second-order valence-corrected chi connectivity index (χ2v) is 5.53. The molecule has 0 aromatic rings. The second kappa shape index (κ2) is 5.26. The predicted octanol–water partition coefficient (Wildman–Crippen LogP) is 0.699. The van der Waals surface area contributed by atoms with E-state index in [4.69, 9.17) is 5.11 Å². The monoisotopic (exact) mass is 254 g/mol. The molecule has 2 N–H and O–H groups in total. The van der Waals surface area contributed by atoms with Gasteiger partial charge in [0.05, 0.1) is 11.3 Å². The molecule has 2 rings (SSSR count). The van der Waals surface area contributed by atoms with E-state index in [9.17, 15) is 9.59 Å². The number of piperidine rings is 1.